The van der Waals surface area contributed by atoms with E-state index in [0.29, 0.717) is 28.8 Å². The van der Waals surface area contributed by atoms with E-state index in [9.17, 15) is 13.6 Å². The van der Waals surface area contributed by atoms with Gasteiger partial charge in [-0.2, -0.15) is 0 Å². The fourth-order valence-corrected chi connectivity index (χ4v) is 3.77. The standard InChI is InChI=1S/C22H26F2N2O.ClH/c1-3-12-26(18-8-10-25-11-9-18)22(27)16-4-6-20(21(24)14-16)19-7-5-17(23)13-15(19)2;/h4-7,13-14,18,25H,3,8-12H2,1-2H3;1H. The van der Waals surface area contributed by atoms with Crippen molar-refractivity contribution in [2.75, 3.05) is 19.6 Å². The second kappa shape index (κ2) is 9.99. The van der Waals surface area contributed by atoms with Gasteiger partial charge in [-0.1, -0.05) is 19.1 Å². The maximum Gasteiger partial charge on any atom is 0.254 e. The molecule has 2 aromatic rings. The van der Waals surface area contributed by atoms with Gasteiger partial charge in [0.2, 0.25) is 0 Å². The molecule has 1 N–H and O–H groups in total. The lowest BCUT2D eigenvalue weighted by Crippen LogP contribution is -2.46. The van der Waals surface area contributed by atoms with Crippen LogP contribution in [0.2, 0.25) is 0 Å². The number of nitrogens with zero attached hydrogens (tertiary/aromatic N) is 1. The van der Waals surface area contributed by atoms with Gasteiger partial charge < -0.3 is 10.2 Å². The Bertz CT molecular complexity index is 822. The van der Waals surface area contributed by atoms with E-state index in [1.807, 2.05) is 11.8 Å². The minimum absolute atomic E-state index is 0. The van der Waals surface area contributed by atoms with Gasteiger partial charge >= 0.3 is 0 Å². The highest BCUT2D eigenvalue weighted by Crippen LogP contribution is 2.28. The van der Waals surface area contributed by atoms with Crippen LogP contribution in [0.15, 0.2) is 36.4 Å². The van der Waals surface area contributed by atoms with Crippen molar-refractivity contribution >= 4 is 18.3 Å². The normalized spacial score (nSPS) is 14.4. The number of aryl methyl sites for hydroxylation is 1. The Balaban J connectivity index is 0.00000280. The van der Waals surface area contributed by atoms with Crippen molar-refractivity contribution < 1.29 is 13.6 Å². The summed E-state index contributed by atoms with van der Waals surface area (Å²) in [6, 6.07) is 9.07. The summed E-state index contributed by atoms with van der Waals surface area (Å²) < 4.78 is 28.1. The molecule has 0 unspecified atom stereocenters. The number of carbonyl (C=O) groups excluding carboxylic acids is 1. The first-order valence-electron chi connectivity index (χ1n) is 9.59. The zero-order chi connectivity index (χ0) is 19.4. The highest BCUT2D eigenvalue weighted by molar-refractivity contribution is 5.95. The van der Waals surface area contributed by atoms with Crippen molar-refractivity contribution in [1.82, 2.24) is 10.2 Å². The molecule has 1 heterocycles. The molecule has 3 nitrogen and oxygen atoms in total. The summed E-state index contributed by atoms with van der Waals surface area (Å²) in [4.78, 5) is 14.9. The zero-order valence-electron chi connectivity index (χ0n) is 16.3. The van der Waals surface area contributed by atoms with E-state index in [4.69, 9.17) is 0 Å². The smallest absolute Gasteiger partial charge is 0.254 e. The SMILES string of the molecule is CCCN(C(=O)c1ccc(-c2ccc(F)cc2C)c(F)c1)C1CCNCC1.Cl. The lowest BCUT2D eigenvalue weighted by atomic mass is 9.98. The lowest BCUT2D eigenvalue weighted by molar-refractivity contribution is 0.0642. The Morgan fingerprint density at radius 3 is 2.39 bits per heavy atom. The van der Waals surface area contributed by atoms with Crippen LogP contribution < -0.4 is 5.32 Å². The maximum absolute atomic E-state index is 14.8. The molecule has 1 aliphatic heterocycles. The molecule has 28 heavy (non-hydrogen) atoms. The van der Waals surface area contributed by atoms with Gasteiger partial charge in [0.15, 0.2) is 0 Å². The summed E-state index contributed by atoms with van der Waals surface area (Å²) in [7, 11) is 0. The van der Waals surface area contributed by atoms with Crippen molar-refractivity contribution in [3.05, 3.63) is 59.2 Å². The summed E-state index contributed by atoms with van der Waals surface area (Å²) in [5, 5.41) is 3.31. The van der Waals surface area contributed by atoms with Crippen LogP contribution in [-0.2, 0) is 0 Å². The molecule has 1 saturated heterocycles. The molecule has 6 heteroatoms. The van der Waals surface area contributed by atoms with Gasteiger partial charge in [-0.05, 0) is 74.7 Å². The van der Waals surface area contributed by atoms with Gasteiger partial charge in [0.1, 0.15) is 11.6 Å². The first-order valence-corrected chi connectivity index (χ1v) is 9.59. The molecule has 1 fully saturated rings. The highest BCUT2D eigenvalue weighted by atomic mass is 35.5. The number of carbonyl (C=O) groups is 1. The molecule has 0 bridgehead atoms. The van der Waals surface area contributed by atoms with Crippen LogP contribution in [-0.4, -0.2) is 36.5 Å². The van der Waals surface area contributed by atoms with E-state index in [1.54, 1.807) is 25.1 Å². The third kappa shape index (κ3) is 4.89. The minimum atomic E-state index is -0.461. The molecule has 0 spiro atoms. The Kier molecular flexibility index (Phi) is 7.96. The van der Waals surface area contributed by atoms with Crippen LogP contribution in [0.5, 0.6) is 0 Å². The summed E-state index contributed by atoms with van der Waals surface area (Å²) in [5.41, 5.74) is 2.04. The molecular formula is C22H27ClF2N2O. The van der Waals surface area contributed by atoms with Gasteiger partial charge in [-0.25, -0.2) is 8.78 Å². The van der Waals surface area contributed by atoms with E-state index >= 15 is 0 Å². The summed E-state index contributed by atoms with van der Waals surface area (Å²) >= 11 is 0. The molecule has 0 aromatic heterocycles. The highest BCUT2D eigenvalue weighted by Gasteiger charge is 2.26. The van der Waals surface area contributed by atoms with Gasteiger partial charge in [0, 0.05) is 23.7 Å². The lowest BCUT2D eigenvalue weighted by Gasteiger charge is -2.34. The van der Waals surface area contributed by atoms with E-state index in [0.717, 1.165) is 32.4 Å². The Hall–Kier alpha value is -1.98. The average Bonchev–Trinajstić information content (AvgIpc) is 2.67. The molecule has 0 saturated carbocycles. The molecule has 0 radical (unpaired) electrons. The first kappa shape index (κ1) is 22.3. The number of rotatable bonds is 5. The van der Waals surface area contributed by atoms with Crippen LogP contribution >= 0.6 is 12.4 Å². The molecule has 152 valence electrons. The molecule has 1 aliphatic rings. The monoisotopic (exact) mass is 408 g/mol. The van der Waals surface area contributed by atoms with Gasteiger partial charge in [0.25, 0.3) is 5.91 Å². The van der Waals surface area contributed by atoms with Crippen LogP contribution in [0.3, 0.4) is 0 Å². The Morgan fingerprint density at radius 1 is 1.11 bits per heavy atom. The van der Waals surface area contributed by atoms with Gasteiger partial charge in [-0.15, -0.1) is 12.4 Å². The van der Waals surface area contributed by atoms with Crippen LogP contribution in [0, 0.1) is 18.6 Å². The molecule has 2 aromatic carbocycles. The van der Waals surface area contributed by atoms with E-state index < -0.39 is 5.82 Å². The minimum Gasteiger partial charge on any atom is -0.336 e. The van der Waals surface area contributed by atoms with Crippen molar-refractivity contribution in [3.8, 4) is 11.1 Å². The summed E-state index contributed by atoms with van der Waals surface area (Å²) in [6.45, 7) is 6.26. The first-order chi connectivity index (χ1) is 13.0. The second-order valence-electron chi connectivity index (χ2n) is 7.13. The van der Waals surface area contributed by atoms with Gasteiger partial charge in [0.05, 0.1) is 0 Å². The third-order valence-corrected chi connectivity index (χ3v) is 5.17. The van der Waals surface area contributed by atoms with E-state index in [-0.39, 0.29) is 30.2 Å². The fraction of sp³-hybridized carbons (Fsp3) is 0.409. The fourth-order valence-electron chi connectivity index (χ4n) is 3.77. The molecule has 1 amide bonds. The van der Waals surface area contributed by atoms with Crippen molar-refractivity contribution in [1.29, 1.82) is 0 Å². The molecule has 3 rings (SSSR count). The Morgan fingerprint density at radius 2 is 1.79 bits per heavy atom. The average molecular weight is 409 g/mol. The number of piperidine rings is 1. The third-order valence-electron chi connectivity index (χ3n) is 5.17. The second-order valence-corrected chi connectivity index (χ2v) is 7.13. The Labute approximate surface area is 171 Å². The number of amides is 1. The number of halogens is 3. The van der Waals surface area contributed by atoms with Crippen molar-refractivity contribution in [2.24, 2.45) is 0 Å². The van der Waals surface area contributed by atoms with Crippen LogP contribution in [0.4, 0.5) is 8.78 Å². The molecular weight excluding hydrogens is 382 g/mol. The molecule has 0 aliphatic carbocycles. The zero-order valence-corrected chi connectivity index (χ0v) is 17.1. The number of hydrogen-bond acceptors (Lipinski definition) is 2. The predicted molar refractivity (Wildman–Crippen MR) is 111 cm³/mol. The molecule has 0 atom stereocenters. The van der Waals surface area contributed by atoms with Crippen LogP contribution in [0.25, 0.3) is 11.1 Å². The van der Waals surface area contributed by atoms with Gasteiger partial charge in [-0.3, -0.25) is 4.79 Å². The summed E-state index contributed by atoms with van der Waals surface area (Å²) in [6.07, 6.45) is 2.70. The quantitative estimate of drug-likeness (QED) is 0.757. The predicted octanol–water partition coefficient (Wildman–Crippen LogP) is 4.97. The largest absolute Gasteiger partial charge is 0.336 e. The van der Waals surface area contributed by atoms with Crippen LogP contribution in [0.1, 0.15) is 42.1 Å². The van der Waals surface area contributed by atoms with E-state index in [2.05, 4.69) is 5.32 Å². The maximum atomic E-state index is 14.8. The van der Waals surface area contributed by atoms with Crippen molar-refractivity contribution in [3.63, 3.8) is 0 Å². The van der Waals surface area contributed by atoms with Crippen molar-refractivity contribution in [2.45, 2.75) is 39.2 Å². The number of hydrogen-bond donors (Lipinski definition) is 1. The van der Waals surface area contributed by atoms with E-state index in [1.165, 1.54) is 18.2 Å². The number of nitrogens with one attached hydrogen (secondary N) is 1. The summed E-state index contributed by atoms with van der Waals surface area (Å²) in [5.74, 6) is -0.928. The topological polar surface area (TPSA) is 32.3 Å². The number of benzene rings is 2.